The van der Waals surface area contributed by atoms with E-state index in [-0.39, 0.29) is 24.0 Å². The number of aliphatic imine (C=N–C) groups is 1. The van der Waals surface area contributed by atoms with Crippen molar-refractivity contribution in [1.29, 1.82) is 0 Å². The van der Waals surface area contributed by atoms with Gasteiger partial charge in [-0.15, -0.1) is 46.7 Å². The summed E-state index contributed by atoms with van der Waals surface area (Å²) in [7, 11) is 1.80. The molecule has 0 aliphatic carbocycles. The zero-order chi connectivity index (χ0) is 15.2. The molecule has 0 saturated heterocycles. The average Bonchev–Trinajstić information content (AvgIpc) is 2.99. The molecule has 4 nitrogen and oxygen atoms in total. The summed E-state index contributed by atoms with van der Waals surface area (Å²) in [5.74, 6) is 0.849. The minimum absolute atomic E-state index is 0. The first kappa shape index (κ1) is 19.4. The number of guanidine groups is 1. The van der Waals surface area contributed by atoms with E-state index in [1.54, 1.807) is 29.7 Å². The van der Waals surface area contributed by atoms with Crippen molar-refractivity contribution < 1.29 is 0 Å². The van der Waals surface area contributed by atoms with Gasteiger partial charge in [0.1, 0.15) is 0 Å². The highest BCUT2D eigenvalue weighted by molar-refractivity contribution is 14.0. The van der Waals surface area contributed by atoms with E-state index in [1.165, 1.54) is 15.3 Å². The Morgan fingerprint density at radius 2 is 2.00 bits per heavy atom. The zero-order valence-electron chi connectivity index (χ0n) is 13.4. The molecule has 2 N–H and O–H groups in total. The highest BCUT2D eigenvalue weighted by Crippen LogP contribution is 2.17. The van der Waals surface area contributed by atoms with Gasteiger partial charge >= 0.3 is 0 Å². The molecule has 122 valence electrons. The average molecular weight is 450 g/mol. The van der Waals surface area contributed by atoms with Crippen LogP contribution in [0.5, 0.6) is 0 Å². The number of halogens is 1. The van der Waals surface area contributed by atoms with Gasteiger partial charge in [0.2, 0.25) is 0 Å². The maximum atomic E-state index is 4.46. The van der Waals surface area contributed by atoms with E-state index in [1.807, 2.05) is 0 Å². The third kappa shape index (κ3) is 5.51. The molecule has 0 unspecified atom stereocenters. The molecule has 2 aromatic rings. The molecule has 0 saturated carbocycles. The Labute approximate surface area is 157 Å². The summed E-state index contributed by atoms with van der Waals surface area (Å²) in [5, 5.41) is 9.97. The number of thiazole rings is 1. The zero-order valence-corrected chi connectivity index (χ0v) is 17.4. The Morgan fingerprint density at radius 3 is 2.55 bits per heavy atom. The van der Waals surface area contributed by atoms with E-state index < -0.39 is 0 Å². The van der Waals surface area contributed by atoms with Gasteiger partial charge in [-0.25, -0.2) is 4.98 Å². The predicted octanol–water partition coefficient (Wildman–Crippen LogP) is 3.66. The molecule has 0 bridgehead atoms. The van der Waals surface area contributed by atoms with E-state index in [9.17, 15) is 0 Å². The van der Waals surface area contributed by atoms with Crippen LogP contribution in [0, 0.1) is 20.8 Å². The number of hydrogen-bond acceptors (Lipinski definition) is 4. The summed E-state index contributed by atoms with van der Waals surface area (Å²) in [4.78, 5) is 11.4. The minimum Gasteiger partial charge on any atom is -0.356 e. The second kappa shape index (κ2) is 9.46. The second-order valence-corrected chi connectivity index (χ2v) is 7.16. The van der Waals surface area contributed by atoms with Gasteiger partial charge in [-0.1, -0.05) is 0 Å². The van der Waals surface area contributed by atoms with Crippen LogP contribution in [0.2, 0.25) is 0 Å². The van der Waals surface area contributed by atoms with Crippen LogP contribution in [-0.4, -0.2) is 24.5 Å². The topological polar surface area (TPSA) is 49.3 Å². The standard InChI is InChI=1S/C15H22N4S2.HI/c1-10-6-8-20-14(10)9-18-15(16-4)17-7-5-13-11(2)19-12(3)21-13;/h6,8H,5,7,9H2,1-4H3,(H2,16,17,18);1H. The number of hydrogen-bond donors (Lipinski definition) is 2. The second-order valence-electron chi connectivity index (χ2n) is 4.87. The molecule has 2 heterocycles. The molecule has 0 radical (unpaired) electrons. The fourth-order valence-corrected chi connectivity index (χ4v) is 3.85. The van der Waals surface area contributed by atoms with Gasteiger partial charge in [0, 0.05) is 29.8 Å². The van der Waals surface area contributed by atoms with Crippen LogP contribution in [0.15, 0.2) is 16.4 Å². The van der Waals surface area contributed by atoms with Gasteiger partial charge in [-0.2, -0.15) is 0 Å². The van der Waals surface area contributed by atoms with Crippen molar-refractivity contribution in [2.45, 2.75) is 33.7 Å². The van der Waals surface area contributed by atoms with Crippen molar-refractivity contribution in [2.75, 3.05) is 13.6 Å². The molecule has 22 heavy (non-hydrogen) atoms. The van der Waals surface area contributed by atoms with Gasteiger partial charge < -0.3 is 10.6 Å². The van der Waals surface area contributed by atoms with E-state index in [0.717, 1.165) is 36.2 Å². The Bertz CT molecular complexity index is 619. The van der Waals surface area contributed by atoms with Gasteiger partial charge in [-0.05, 0) is 37.8 Å². The summed E-state index contributed by atoms with van der Waals surface area (Å²) in [6.45, 7) is 7.95. The van der Waals surface area contributed by atoms with Crippen molar-refractivity contribution in [1.82, 2.24) is 15.6 Å². The van der Waals surface area contributed by atoms with Crippen molar-refractivity contribution >= 4 is 52.6 Å². The summed E-state index contributed by atoms with van der Waals surface area (Å²) in [6, 6.07) is 2.15. The van der Waals surface area contributed by atoms with Crippen LogP contribution in [0.25, 0.3) is 0 Å². The molecule has 7 heteroatoms. The molecular formula is C15H23IN4S2. The Kier molecular flexibility index (Phi) is 8.34. The van der Waals surface area contributed by atoms with Gasteiger partial charge in [0.25, 0.3) is 0 Å². The lowest BCUT2D eigenvalue weighted by molar-refractivity contribution is 0.799. The largest absolute Gasteiger partial charge is 0.356 e. The highest BCUT2D eigenvalue weighted by Gasteiger charge is 2.05. The summed E-state index contributed by atoms with van der Waals surface area (Å²) >= 11 is 3.55. The summed E-state index contributed by atoms with van der Waals surface area (Å²) in [5.41, 5.74) is 2.48. The molecule has 0 aliphatic rings. The van der Waals surface area contributed by atoms with Crippen LogP contribution in [0.3, 0.4) is 0 Å². The number of nitrogens with one attached hydrogen (secondary N) is 2. The van der Waals surface area contributed by atoms with Crippen molar-refractivity contribution in [3.05, 3.63) is 37.5 Å². The lowest BCUT2D eigenvalue weighted by Gasteiger charge is -2.11. The van der Waals surface area contributed by atoms with Crippen LogP contribution in [0.4, 0.5) is 0 Å². The molecular weight excluding hydrogens is 427 g/mol. The van der Waals surface area contributed by atoms with E-state index in [2.05, 4.69) is 52.8 Å². The third-order valence-corrected chi connectivity index (χ3v) is 5.41. The van der Waals surface area contributed by atoms with Crippen LogP contribution < -0.4 is 10.6 Å². The minimum atomic E-state index is 0. The van der Waals surface area contributed by atoms with Gasteiger partial charge in [0.15, 0.2) is 5.96 Å². The number of rotatable bonds is 5. The SMILES string of the molecule is CN=C(NCCc1sc(C)nc1C)NCc1sccc1C.I. The fraction of sp³-hybridized carbons (Fsp3) is 0.467. The predicted molar refractivity (Wildman–Crippen MR) is 108 cm³/mol. The third-order valence-electron chi connectivity index (χ3n) is 3.25. The van der Waals surface area contributed by atoms with Crippen LogP contribution >= 0.6 is 46.7 Å². The Morgan fingerprint density at radius 1 is 1.23 bits per heavy atom. The van der Waals surface area contributed by atoms with Crippen LogP contribution in [-0.2, 0) is 13.0 Å². The molecule has 2 rings (SSSR count). The molecule has 0 amide bonds. The number of aromatic nitrogens is 1. The van der Waals surface area contributed by atoms with E-state index in [0.29, 0.717) is 0 Å². The maximum Gasteiger partial charge on any atom is 0.191 e. The first-order valence-corrected chi connectivity index (χ1v) is 8.70. The lowest BCUT2D eigenvalue weighted by Crippen LogP contribution is -2.37. The first-order valence-electron chi connectivity index (χ1n) is 7.00. The molecule has 0 aliphatic heterocycles. The van der Waals surface area contributed by atoms with Crippen molar-refractivity contribution in [3.8, 4) is 0 Å². The first-order chi connectivity index (χ1) is 10.1. The van der Waals surface area contributed by atoms with Gasteiger partial charge in [0.05, 0.1) is 17.2 Å². The smallest absolute Gasteiger partial charge is 0.191 e. The van der Waals surface area contributed by atoms with Crippen LogP contribution in [0.1, 0.15) is 26.0 Å². The summed E-state index contributed by atoms with van der Waals surface area (Å²) in [6.07, 6.45) is 0.982. The monoisotopic (exact) mass is 450 g/mol. The Balaban J connectivity index is 0.00000242. The van der Waals surface area contributed by atoms with Crippen molar-refractivity contribution in [2.24, 2.45) is 4.99 Å². The quantitative estimate of drug-likeness (QED) is 0.416. The van der Waals surface area contributed by atoms with Crippen molar-refractivity contribution in [3.63, 3.8) is 0 Å². The number of thiophene rings is 1. The van der Waals surface area contributed by atoms with E-state index in [4.69, 9.17) is 0 Å². The Hall–Kier alpha value is -0.670. The van der Waals surface area contributed by atoms with E-state index >= 15 is 0 Å². The molecule has 2 aromatic heterocycles. The molecule has 0 fully saturated rings. The fourth-order valence-electron chi connectivity index (χ4n) is 2.07. The summed E-state index contributed by atoms with van der Waals surface area (Å²) < 4.78 is 0. The highest BCUT2D eigenvalue weighted by atomic mass is 127. The maximum absolute atomic E-state index is 4.46. The normalized spacial score (nSPS) is 11.2. The lowest BCUT2D eigenvalue weighted by atomic mass is 10.3. The molecule has 0 atom stereocenters. The number of aryl methyl sites for hydroxylation is 3. The molecule has 0 aromatic carbocycles. The number of nitrogens with zero attached hydrogens (tertiary/aromatic N) is 2. The van der Waals surface area contributed by atoms with Gasteiger partial charge in [-0.3, -0.25) is 4.99 Å². The molecule has 0 spiro atoms.